The van der Waals surface area contributed by atoms with Crippen molar-refractivity contribution in [3.8, 4) is 0 Å². The van der Waals surface area contributed by atoms with Gasteiger partial charge in [-0.05, 0) is 12.1 Å². The summed E-state index contributed by atoms with van der Waals surface area (Å²) in [6.45, 7) is 5.44. The van der Waals surface area contributed by atoms with Gasteiger partial charge in [-0.25, -0.2) is 8.78 Å². The first-order chi connectivity index (χ1) is 9.20. The summed E-state index contributed by atoms with van der Waals surface area (Å²) in [5.74, 6) is -2.17. The maximum Gasteiger partial charge on any atom is 0.226 e. The molecule has 0 aromatic heterocycles. The molecule has 0 atom stereocenters. The Morgan fingerprint density at radius 3 is 2.40 bits per heavy atom. The van der Waals surface area contributed by atoms with Crippen molar-refractivity contribution in [1.82, 2.24) is 5.32 Å². The van der Waals surface area contributed by atoms with Gasteiger partial charge in [0.05, 0.1) is 5.69 Å². The first-order valence-corrected chi connectivity index (χ1v) is 6.23. The summed E-state index contributed by atoms with van der Waals surface area (Å²) in [7, 11) is 0. The molecule has 2 amide bonds. The highest BCUT2D eigenvalue weighted by molar-refractivity contribution is 5.91. The molecule has 110 valence electrons. The van der Waals surface area contributed by atoms with Crippen LogP contribution in [0.15, 0.2) is 18.2 Å². The van der Waals surface area contributed by atoms with Gasteiger partial charge in [0.1, 0.15) is 11.6 Å². The summed E-state index contributed by atoms with van der Waals surface area (Å²) in [6, 6.07) is 2.90. The summed E-state index contributed by atoms with van der Waals surface area (Å²) in [5, 5.41) is 4.93. The third-order valence-corrected chi connectivity index (χ3v) is 2.52. The van der Waals surface area contributed by atoms with Crippen LogP contribution >= 0.6 is 0 Å². The summed E-state index contributed by atoms with van der Waals surface area (Å²) < 4.78 is 26.0. The van der Waals surface area contributed by atoms with Gasteiger partial charge in [0.25, 0.3) is 0 Å². The Morgan fingerprint density at radius 2 is 1.85 bits per heavy atom. The topological polar surface area (TPSA) is 58.2 Å². The van der Waals surface area contributed by atoms with Crippen molar-refractivity contribution < 1.29 is 18.4 Å². The molecule has 6 heteroatoms. The van der Waals surface area contributed by atoms with E-state index in [0.29, 0.717) is 6.07 Å². The van der Waals surface area contributed by atoms with Crippen LogP contribution in [-0.2, 0) is 9.59 Å². The lowest BCUT2D eigenvalue weighted by atomic mass is 9.96. The number of nitrogens with one attached hydrogen (secondary N) is 2. The minimum absolute atomic E-state index is 0.0125. The Labute approximate surface area is 116 Å². The largest absolute Gasteiger partial charge is 0.355 e. The second-order valence-corrected chi connectivity index (χ2v) is 5.43. The third kappa shape index (κ3) is 4.95. The number of amides is 2. The first kappa shape index (κ1) is 16.1. The second kappa shape index (κ2) is 6.45. The molecule has 4 nitrogen and oxygen atoms in total. The number of hydrogen-bond acceptors (Lipinski definition) is 2. The predicted octanol–water partition coefficient (Wildman–Crippen LogP) is 2.46. The highest BCUT2D eigenvalue weighted by Gasteiger charge is 2.20. The van der Waals surface area contributed by atoms with E-state index in [0.717, 1.165) is 12.1 Å². The molecule has 0 bridgehead atoms. The van der Waals surface area contributed by atoms with E-state index in [-0.39, 0.29) is 24.6 Å². The number of halogens is 2. The molecule has 0 unspecified atom stereocenters. The third-order valence-electron chi connectivity index (χ3n) is 2.52. The number of hydrogen-bond donors (Lipinski definition) is 2. The zero-order valence-corrected chi connectivity index (χ0v) is 11.7. The van der Waals surface area contributed by atoms with Crippen molar-refractivity contribution in [1.29, 1.82) is 0 Å². The fourth-order valence-electron chi connectivity index (χ4n) is 1.36. The number of benzene rings is 1. The molecule has 20 heavy (non-hydrogen) atoms. The van der Waals surface area contributed by atoms with Crippen LogP contribution in [0.4, 0.5) is 14.5 Å². The number of carbonyl (C=O) groups excluding carboxylic acids is 2. The first-order valence-electron chi connectivity index (χ1n) is 6.23. The highest BCUT2D eigenvalue weighted by atomic mass is 19.1. The van der Waals surface area contributed by atoms with Crippen LogP contribution in [-0.4, -0.2) is 18.4 Å². The lowest BCUT2D eigenvalue weighted by molar-refractivity contribution is -0.128. The molecule has 0 spiro atoms. The van der Waals surface area contributed by atoms with Gasteiger partial charge in [-0.15, -0.1) is 0 Å². The Balaban J connectivity index is 2.43. The van der Waals surface area contributed by atoms with Gasteiger partial charge in [-0.1, -0.05) is 20.8 Å². The summed E-state index contributed by atoms with van der Waals surface area (Å²) in [6.07, 6.45) is 0.0125. The van der Waals surface area contributed by atoms with E-state index in [1.54, 1.807) is 20.8 Å². The van der Waals surface area contributed by atoms with Crippen molar-refractivity contribution >= 4 is 17.5 Å². The average molecular weight is 284 g/mol. The molecule has 0 saturated carbocycles. The van der Waals surface area contributed by atoms with E-state index >= 15 is 0 Å². The summed E-state index contributed by atoms with van der Waals surface area (Å²) >= 11 is 0. The maximum atomic E-state index is 13.3. The summed E-state index contributed by atoms with van der Waals surface area (Å²) in [4.78, 5) is 23.1. The van der Waals surface area contributed by atoms with Crippen LogP contribution in [0.5, 0.6) is 0 Å². The molecular weight excluding hydrogens is 266 g/mol. The van der Waals surface area contributed by atoms with Gasteiger partial charge in [0, 0.05) is 24.4 Å². The van der Waals surface area contributed by atoms with Crippen LogP contribution in [0.2, 0.25) is 0 Å². The number of carbonyl (C=O) groups is 2. The highest BCUT2D eigenvalue weighted by Crippen LogP contribution is 2.15. The van der Waals surface area contributed by atoms with Gasteiger partial charge in [0.2, 0.25) is 11.8 Å². The van der Waals surface area contributed by atoms with E-state index < -0.39 is 23.0 Å². The lowest BCUT2D eigenvalue weighted by Gasteiger charge is -2.17. The number of anilines is 1. The minimum Gasteiger partial charge on any atom is -0.355 e. The Bertz CT molecular complexity index is 510. The Morgan fingerprint density at radius 1 is 1.20 bits per heavy atom. The van der Waals surface area contributed by atoms with E-state index in [1.807, 2.05) is 0 Å². The molecule has 0 heterocycles. The van der Waals surface area contributed by atoms with Crippen molar-refractivity contribution in [2.75, 3.05) is 11.9 Å². The van der Waals surface area contributed by atoms with Crippen molar-refractivity contribution in [3.05, 3.63) is 29.8 Å². The molecule has 0 aliphatic rings. The van der Waals surface area contributed by atoms with Gasteiger partial charge in [-0.3, -0.25) is 9.59 Å². The quantitative estimate of drug-likeness (QED) is 0.892. The van der Waals surface area contributed by atoms with Gasteiger partial charge < -0.3 is 10.6 Å². The van der Waals surface area contributed by atoms with E-state index in [9.17, 15) is 18.4 Å². The predicted molar refractivity (Wildman–Crippen MR) is 72.1 cm³/mol. The van der Waals surface area contributed by atoms with Crippen LogP contribution in [0.1, 0.15) is 27.2 Å². The molecular formula is C14H18F2N2O2. The molecule has 2 N–H and O–H groups in total. The Kier molecular flexibility index (Phi) is 5.19. The zero-order valence-electron chi connectivity index (χ0n) is 11.7. The molecule has 0 saturated heterocycles. The smallest absolute Gasteiger partial charge is 0.226 e. The molecule has 0 aliphatic carbocycles. The molecule has 0 aliphatic heterocycles. The average Bonchev–Trinajstić information content (AvgIpc) is 2.31. The number of rotatable bonds is 4. The maximum absolute atomic E-state index is 13.3. The zero-order chi connectivity index (χ0) is 15.3. The standard InChI is InChI=1S/C14H18F2N2O2/c1-14(2,3)13(20)17-7-6-12(19)18-11-5-4-9(15)8-10(11)16/h4-5,8H,6-7H2,1-3H3,(H,17,20)(H,18,19). The van der Waals surface area contributed by atoms with Crippen LogP contribution < -0.4 is 10.6 Å². The van der Waals surface area contributed by atoms with E-state index in [2.05, 4.69) is 10.6 Å². The molecule has 1 rings (SSSR count). The molecule has 1 aromatic carbocycles. The second-order valence-electron chi connectivity index (χ2n) is 5.43. The lowest BCUT2D eigenvalue weighted by Crippen LogP contribution is -2.36. The van der Waals surface area contributed by atoms with Crippen LogP contribution in [0, 0.1) is 17.0 Å². The molecule has 1 aromatic rings. The normalized spacial score (nSPS) is 11.1. The fraction of sp³-hybridized carbons (Fsp3) is 0.429. The van der Waals surface area contributed by atoms with Crippen LogP contribution in [0.3, 0.4) is 0 Å². The van der Waals surface area contributed by atoms with Crippen molar-refractivity contribution in [3.63, 3.8) is 0 Å². The van der Waals surface area contributed by atoms with Gasteiger partial charge in [0.15, 0.2) is 0 Å². The van der Waals surface area contributed by atoms with E-state index in [4.69, 9.17) is 0 Å². The molecule has 0 fully saturated rings. The SMILES string of the molecule is CC(C)(C)C(=O)NCCC(=O)Nc1ccc(F)cc1F. The van der Waals surface area contributed by atoms with Gasteiger partial charge >= 0.3 is 0 Å². The molecule has 0 radical (unpaired) electrons. The van der Waals surface area contributed by atoms with Crippen LogP contribution in [0.25, 0.3) is 0 Å². The monoisotopic (exact) mass is 284 g/mol. The van der Waals surface area contributed by atoms with Gasteiger partial charge in [-0.2, -0.15) is 0 Å². The Hall–Kier alpha value is -1.98. The van der Waals surface area contributed by atoms with Crippen molar-refractivity contribution in [2.24, 2.45) is 5.41 Å². The van der Waals surface area contributed by atoms with E-state index in [1.165, 1.54) is 0 Å². The van der Waals surface area contributed by atoms with Crippen molar-refractivity contribution in [2.45, 2.75) is 27.2 Å². The summed E-state index contributed by atoms with van der Waals surface area (Å²) in [5.41, 5.74) is -0.613. The minimum atomic E-state index is -0.836. The fourth-order valence-corrected chi connectivity index (χ4v) is 1.36.